The summed E-state index contributed by atoms with van der Waals surface area (Å²) in [6, 6.07) is 9.84. The Hall–Kier alpha value is -2.56. The number of benzene rings is 2. The lowest BCUT2D eigenvalue weighted by atomic mass is 10.1. The van der Waals surface area contributed by atoms with Crippen LogP contribution in [0.25, 0.3) is 0 Å². The van der Waals surface area contributed by atoms with E-state index in [9.17, 15) is 14.3 Å². The van der Waals surface area contributed by atoms with Crippen molar-refractivity contribution in [1.82, 2.24) is 0 Å². The molecule has 4 nitrogen and oxygen atoms in total. The highest BCUT2D eigenvalue weighted by Crippen LogP contribution is 2.24. The van der Waals surface area contributed by atoms with Crippen molar-refractivity contribution in [1.29, 1.82) is 0 Å². The van der Waals surface area contributed by atoms with Gasteiger partial charge in [0.15, 0.2) is 0 Å². The zero-order chi connectivity index (χ0) is 13.8. The third kappa shape index (κ3) is 3.01. The molecule has 0 unspecified atom stereocenters. The molecule has 2 rings (SSSR count). The molecule has 19 heavy (non-hydrogen) atoms. The van der Waals surface area contributed by atoms with E-state index in [1.165, 1.54) is 37.4 Å². The van der Waals surface area contributed by atoms with Gasteiger partial charge < -0.3 is 15.2 Å². The number of phenols is 1. The van der Waals surface area contributed by atoms with Crippen LogP contribution in [0.15, 0.2) is 42.5 Å². The molecule has 1 amide bonds. The van der Waals surface area contributed by atoms with E-state index in [1.54, 1.807) is 12.1 Å². The van der Waals surface area contributed by atoms with E-state index >= 15 is 0 Å². The minimum absolute atomic E-state index is 0.0880. The van der Waals surface area contributed by atoms with Crippen LogP contribution >= 0.6 is 0 Å². The maximum Gasteiger partial charge on any atom is 0.259 e. The Morgan fingerprint density at radius 1 is 1.26 bits per heavy atom. The molecule has 0 radical (unpaired) electrons. The molecule has 0 saturated carbocycles. The number of anilines is 1. The fourth-order valence-corrected chi connectivity index (χ4v) is 1.60. The SMILES string of the molecule is COc1ccc(C(=O)Nc2cccc(F)c2)c(O)c1. The van der Waals surface area contributed by atoms with Crippen molar-refractivity contribution in [2.24, 2.45) is 0 Å². The molecule has 0 fully saturated rings. The molecular weight excluding hydrogens is 249 g/mol. The van der Waals surface area contributed by atoms with Crippen LogP contribution in [0.3, 0.4) is 0 Å². The van der Waals surface area contributed by atoms with Crippen molar-refractivity contribution in [3.8, 4) is 11.5 Å². The van der Waals surface area contributed by atoms with Crippen LogP contribution in [-0.4, -0.2) is 18.1 Å². The van der Waals surface area contributed by atoms with Gasteiger partial charge in [-0.25, -0.2) is 4.39 Å². The molecule has 0 aliphatic heterocycles. The van der Waals surface area contributed by atoms with E-state index in [0.29, 0.717) is 11.4 Å². The molecule has 0 saturated heterocycles. The highest BCUT2D eigenvalue weighted by Gasteiger charge is 2.12. The van der Waals surface area contributed by atoms with Crippen molar-refractivity contribution in [2.75, 3.05) is 12.4 Å². The highest BCUT2D eigenvalue weighted by atomic mass is 19.1. The number of hydrogen-bond acceptors (Lipinski definition) is 3. The van der Waals surface area contributed by atoms with Crippen LogP contribution in [0.2, 0.25) is 0 Å². The monoisotopic (exact) mass is 261 g/mol. The Labute approximate surface area is 109 Å². The van der Waals surface area contributed by atoms with Crippen LogP contribution in [0.1, 0.15) is 10.4 Å². The Bertz CT molecular complexity index is 613. The molecule has 5 heteroatoms. The number of aromatic hydroxyl groups is 1. The summed E-state index contributed by atoms with van der Waals surface area (Å²) >= 11 is 0. The first-order valence-corrected chi connectivity index (χ1v) is 5.54. The summed E-state index contributed by atoms with van der Waals surface area (Å²) < 4.78 is 17.9. The van der Waals surface area contributed by atoms with E-state index in [1.807, 2.05) is 0 Å². The zero-order valence-corrected chi connectivity index (χ0v) is 10.2. The Kier molecular flexibility index (Phi) is 3.66. The molecule has 0 atom stereocenters. The molecule has 0 aromatic heterocycles. The molecular formula is C14H12FNO3. The lowest BCUT2D eigenvalue weighted by molar-refractivity contribution is 0.102. The number of hydrogen-bond donors (Lipinski definition) is 2. The Morgan fingerprint density at radius 2 is 2.05 bits per heavy atom. The van der Waals surface area contributed by atoms with Gasteiger partial charge in [0, 0.05) is 11.8 Å². The second-order valence-corrected chi connectivity index (χ2v) is 3.85. The summed E-state index contributed by atoms with van der Waals surface area (Å²) in [4.78, 5) is 11.9. The van der Waals surface area contributed by atoms with E-state index in [2.05, 4.69) is 5.32 Å². The van der Waals surface area contributed by atoms with Gasteiger partial charge in [-0.05, 0) is 30.3 Å². The summed E-state index contributed by atoms with van der Waals surface area (Å²) in [6.45, 7) is 0. The van der Waals surface area contributed by atoms with Crippen molar-refractivity contribution >= 4 is 11.6 Å². The summed E-state index contributed by atoms with van der Waals surface area (Å²) in [5, 5.41) is 12.2. The number of amides is 1. The van der Waals surface area contributed by atoms with Crippen LogP contribution in [0.4, 0.5) is 10.1 Å². The van der Waals surface area contributed by atoms with Crippen molar-refractivity contribution in [3.63, 3.8) is 0 Å². The van der Waals surface area contributed by atoms with Crippen molar-refractivity contribution in [2.45, 2.75) is 0 Å². The second-order valence-electron chi connectivity index (χ2n) is 3.85. The van der Waals surface area contributed by atoms with Gasteiger partial charge in [0.25, 0.3) is 5.91 Å². The number of ether oxygens (including phenoxy) is 1. The number of carbonyl (C=O) groups excluding carboxylic acids is 1. The van der Waals surface area contributed by atoms with Gasteiger partial charge in [0.05, 0.1) is 12.7 Å². The van der Waals surface area contributed by atoms with Crippen LogP contribution < -0.4 is 10.1 Å². The number of methoxy groups -OCH3 is 1. The molecule has 2 N–H and O–H groups in total. The summed E-state index contributed by atoms with van der Waals surface area (Å²) in [6.07, 6.45) is 0. The summed E-state index contributed by atoms with van der Waals surface area (Å²) in [7, 11) is 1.46. The molecule has 98 valence electrons. The molecule has 0 bridgehead atoms. The lowest BCUT2D eigenvalue weighted by Crippen LogP contribution is -2.12. The molecule has 0 aliphatic rings. The normalized spacial score (nSPS) is 10.0. The van der Waals surface area contributed by atoms with E-state index in [-0.39, 0.29) is 11.3 Å². The molecule has 0 aliphatic carbocycles. The van der Waals surface area contributed by atoms with Crippen molar-refractivity contribution < 1.29 is 19.0 Å². The van der Waals surface area contributed by atoms with Crippen molar-refractivity contribution in [3.05, 3.63) is 53.8 Å². The zero-order valence-electron chi connectivity index (χ0n) is 10.2. The standard InChI is InChI=1S/C14H12FNO3/c1-19-11-5-6-12(13(17)8-11)14(18)16-10-4-2-3-9(15)7-10/h2-8,17H,1H3,(H,16,18). The van der Waals surface area contributed by atoms with Gasteiger partial charge in [-0.3, -0.25) is 4.79 Å². The topological polar surface area (TPSA) is 58.6 Å². The second kappa shape index (κ2) is 5.39. The van der Waals surface area contributed by atoms with E-state index in [0.717, 1.165) is 0 Å². The van der Waals surface area contributed by atoms with Gasteiger partial charge in [-0.1, -0.05) is 6.07 Å². The largest absolute Gasteiger partial charge is 0.507 e. The quantitative estimate of drug-likeness (QED) is 0.893. The first kappa shape index (κ1) is 12.9. The predicted octanol–water partition coefficient (Wildman–Crippen LogP) is 2.79. The molecule has 0 spiro atoms. The fraction of sp³-hybridized carbons (Fsp3) is 0.0714. The third-order valence-electron chi connectivity index (χ3n) is 2.53. The van der Waals surface area contributed by atoms with E-state index < -0.39 is 11.7 Å². The minimum atomic E-state index is -0.522. The predicted molar refractivity (Wildman–Crippen MR) is 69.0 cm³/mol. The first-order valence-electron chi connectivity index (χ1n) is 5.54. The maximum atomic E-state index is 13.0. The molecule has 0 heterocycles. The first-order chi connectivity index (χ1) is 9.10. The lowest BCUT2D eigenvalue weighted by Gasteiger charge is -2.08. The van der Waals surface area contributed by atoms with Crippen LogP contribution in [0, 0.1) is 5.82 Å². The third-order valence-corrected chi connectivity index (χ3v) is 2.53. The van der Waals surface area contributed by atoms with Crippen LogP contribution in [-0.2, 0) is 0 Å². The number of phenolic OH excluding ortho intramolecular Hbond substituents is 1. The van der Waals surface area contributed by atoms with Gasteiger partial charge in [-0.2, -0.15) is 0 Å². The van der Waals surface area contributed by atoms with Crippen LogP contribution in [0.5, 0.6) is 11.5 Å². The van der Waals surface area contributed by atoms with Gasteiger partial charge in [-0.15, -0.1) is 0 Å². The minimum Gasteiger partial charge on any atom is -0.507 e. The average molecular weight is 261 g/mol. The van der Waals surface area contributed by atoms with E-state index in [4.69, 9.17) is 4.74 Å². The molecule has 2 aromatic rings. The molecule has 2 aromatic carbocycles. The number of halogens is 1. The van der Waals surface area contributed by atoms with Gasteiger partial charge in [0.1, 0.15) is 17.3 Å². The Morgan fingerprint density at radius 3 is 2.68 bits per heavy atom. The summed E-state index contributed by atoms with van der Waals surface area (Å²) in [5.41, 5.74) is 0.408. The van der Waals surface area contributed by atoms with Gasteiger partial charge in [0.2, 0.25) is 0 Å². The number of nitrogens with one attached hydrogen (secondary N) is 1. The smallest absolute Gasteiger partial charge is 0.259 e. The average Bonchev–Trinajstić information content (AvgIpc) is 2.38. The summed E-state index contributed by atoms with van der Waals surface area (Å²) in [5.74, 6) is -0.726. The maximum absolute atomic E-state index is 13.0. The number of rotatable bonds is 3. The number of carbonyl (C=O) groups is 1. The highest BCUT2D eigenvalue weighted by molar-refractivity contribution is 6.06. The van der Waals surface area contributed by atoms with Gasteiger partial charge >= 0.3 is 0 Å². The fourth-order valence-electron chi connectivity index (χ4n) is 1.60. The Balaban J connectivity index is 2.20.